The van der Waals surface area contributed by atoms with Crippen molar-refractivity contribution >= 4 is 22.8 Å². The van der Waals surface area contributed by atoms with Crippen LogP contribution in [0.3, 0.4) is 0 Å². The number of H-pyrrole nitrogens is 1. The van der Waals surface area contributed by atoms with Crippen LogP contribution < -0.4 is 5.11 Å². The Morgan fingerprint density at radius 2 is 2.12 bits per heavy atom. The van der Waals surface area contributed by atoms with Crippen molar-refractivity contribution in [2.24, 2.45) is 0 Å². The van der Waals surface area contributed by atoms with Crippen molar-refractivity contribution in [1.82, 2.24) is 4.98 Å². The first kappa shape index (κ1) is 11.2. The Labute approximate surface area is 97.0 Å². The highest BCUT2D eigenvalue weighted by Crippen LogP contribution is 2.17. The fourth-order valence-corrected chi connectivity index (χ4v) is 1.58. The number of rotatable bonds is 3. The Hall–Kier alpha value is -2.30. The molecule has 1 heterocycles. The molecule has 0 unspecified atom stereocenters. The SMILES string of the molecule is CCOC(=O)c1cc2cc(C(=O)[O-])ccc2[nH]1. The summed E-state index contributed by atoms with van der Waals surface area (Å²) in [5, 5.41) is 11.3. The molecule has 1 aromatic carbocycles. The number of aromatic amines is 1. The Kier molecular flexibility index (Phi) is 2.82. The van der Waals surface area contributed by atoms with Crippen molar-refractivity contribution in [2.75, 3.05) is 6.61 Å². The minimum Gasteiger partial charge on any atom is -0.545 e. The van der Waals surface area contributed by atoms with E-state index in [9.17, 15) is 14.7 Å². The molecule has 2 rings (SSSR count). The van der Waals surface area contributed by atoms with E-state index in [1.165, 1.54) is 12.1 Å². The molecule has 0 radical (unpaired) electrons. The van der Waals surface area contributed by atoms with Crippen LogP contribution in [0.4, 0.5) is 0 Å². The van der Waals surface area contributed by atoms with Crippen LogP contribution in [0.5, 0.6) is 0 Å². The fraction of sp³-hybridized carbons (Fsp3) is 0.167. The van der Waals surface area contributed by atoms with E-state index in [0.29, 0.717) is 23.2 Å². The van der Waals surface area contributed by atoms with Gasteiger partial charge >= 0.3 is 5.97 Å². The number of carbonyl (C=O) groups excluding carboxylic acids is 2. The standard InChI is InChI=1S/C12H11NO4/c1-2-17-12(16)10-6-8-5-7(11(14)15)3-4-9(8)13-10/h3-6,13H,2H2,1H3,(H,14,15)/p-1. The Bertz CT molecular complexity index is 585. The first-order chi connectivity index (χ1) is 8.11. The summed E-state index contributed by atoms with van der Waals surface area (Å²) in [6, 6.07) is 6.01. The lowest BCUT2D eigenvalue weighted by atomic mass is 10.1. The average molecular weight is 232 g/mol. The molecule has 1 N–H and O–H groups in total. The van der Waals surface area contributed by atoms with Crippen molar-refractivity contribution in [3.63, 3.8) is 0 Å². The minimum atomic E-state index is -1.24. The highest BCUT2D eigenvalue weighted by Gasteiger charge is 2.10. The topological polar surface area (TPSA) is 82.2 Å². The van der Waals surface area contributed by atoms with Gasteiger partial charge in [0.25, 0.3) is 0 Å². The summed E-state index contributed by atoms with van der Waals surface area (Å²) >= 11 is 0. The summed E-state index contributed by atoms with van der Waals surface area (Å²) in [6.45, 7) is 2.01. The van der Waals surface area contributed by atoms with Gasteiger partial charge < -0.3 is 19.6 Å². The Morgan fingerprint density at radius 3 is 2.76 bits per heavy atom. The molecule has 5 heteroatoms. The van der Waals surface area contributed by atoms with Gasteiger partial charge in [0, 0.05) is 10.9 Å². The molecule has 1 aromatic heterocycles. The highest BCUT2D eigenvalue weighted by molar-refractivity contribution is 5.97. The lowest BCUT2D eigenvalue weighted by Gasteiger charge is -2.00. The maximum atomic E-state index is 11.5. The maximum absolute atomic E-state index is 11.5. The number of carbonyl (C=O) groups is 2. The predicted molar refractivity (Wildman–Crippen MR) is 58.6 cm³/mol. The molecular weight excluding hydrogens is 222 g/mol. The van der Waals surface area contributed by atoms with Crippen LogP contribution in [0.15, 0.2) is 24.3 Å². The number of carboxylic acids is 1. The molecule has 0 fully saturated rings. The zero-order valence-electron chi connectivity index (χ0n) is 9.15. The van der Waals surface area contributed by atoms with Gasteiger partial charge in [-0.05, 0) is 30.7 Å². The van der Waals surface area contributed by atoms with Gasteiger partial charge in [0.05, 0.1) is 12.6 Å². The van der Waals surface area contributed by atoms with Crippen molar-refractivity contribution in [1.29, 1.82) is 0 Å². The molecular formula is C12H10NO4-. The Morgan fingerprint density at radius 1 is 1.35 bits per heavy atom. The van der Waals surface area contributed by atoms with E-state index in [2.05, 4.69) is 4.98 Å². The van der Waals surface area contributed by atoms with Gasteiger partial charge in [-0.15, -0.1) is 0 Å². The molecule has 0 atom stereocenters. The monoisotopic (exact) mass is 232 g/mol. The molecule has 2 aromatic rings. The summed E-state index contributed by atoms with van der Waals surface area (Å²) in [5.74, 6) is -1.70. The molecule has 0 aliphatic heterocycles. The second-order valence-electron chi connectivity index (χ2n) is 3.49. The second-order valence-corrected chi connectivity index (χ2v) is 3.49. The largest absolute Gasteiger partial charge is 0.545 e. The lowest BCUT2D eigenvalue weighted by molar-refractivity contribution is -0.255. The van der Waals surface area contributed by atoms with E-state index < -0.39 is 11.9 Å². The number of aromatic nitrogens is 1. The first-order valence-electron chi connectivity index (χ1n) is 5.13. The van der Waals surface area contributed by atoms with Crippen LogP contribution in [0, 0.1) is 0 Å². The average Bonchev–Trinajstić information content (AvgIpc) is 2.71. The van der Waals surface area contributed by atoms with Crippen molar-refractivity contribution in [3.8, 4) is 0 Å². The number of hydrogen-bond acceptors (Lipinski definition) is 4. The minimum absolute atomic E-state index is 0.0758. The number of hydrogen-bond donors (Lipinski definition) is 1. The van der Waals surface area contributed by atoms with E-state index in [1.807, 2.05) is 0 Å². The first-order valence-corrected chi connectivity index (χ1v) is 5.13. The van der Waals surface area contributed by atoms with E-state index in [4.69, 9.17) is 4.74 Å². The fourth-order valence-electron chi connectivity index (χ4n) is 1.58. The zero-order valence-corrected chi connectivity index (χ0v) is 9.15. The van der Waals surface area contributed by atoms with Gasteiger partial charge in [0.1, 0.15) is 5.69 Å². The van der Waals surface area contributed by atoms with Crippen LogP contribution in [-0.4, -0.2) is 23.5 Å². The number of aromatic carboxylic acids is 1. The van der Waals surface area contributed by atoms with Crippen LogP contribution in [-0.2, 0) is 4.74 Å². The molecule has 0 bridgehead atoms. The van der Waals surface area contributed by atoms with E-state index >= 15 is 0 Å². The smallest absolute Gasteiger partial charge is 0.354 e. The number of esters is 1. The number of fused-ring (bicyclic) bond motifs is 1. The summed E-state index contributed by atoms with van der Waals surface area (Å²) in [7, 11) is 0. The third-order valence-corrected chi connectivity index (χ3v) is 2.35. The molecule has 0 spiro atoms. The third-order valence-electron chi connectivity index (χ3n) is 2.35. The second kappa shape index (κ2) is 4.29. The van der Waals surface area contributed by atoms with Gasteiger partial charge in [0.15, 0.2) is 0 Å². The zero-order chi connectivity index (χ0) is 12.4. The highest BCUT2D eigenvalue weighted by atomic mass is 16.5. The molecule has 5 nitrogen and oxygen atoms in total. The third kappa shape index (κ3) is 2.13. The molecule has 0 aliphatic carbocycles. The van der Waals surface area contributed by atoms with Crippen molar-refractivity contribution in [2.45, 2.75) is 6.92 Å². The molecule has 0 saturated heterocycles. The van der Waals surface area contributed by atoms with Gasteiger partial charge in [-0.3, -0.25) is 0 Å². The van der Waals surface area contributed by atoms with Crippen molar-refractivity contribution < 1.29 is 19.4 Å². The summed E-state index contributed by atoms with van der Waals surface area (Å²) < 4.78 is 4.84. The molecule has 0 saturated carbocycles. The van der Waals surface area contributed by atoms with Crippen LogP contribution in [0.2, 0.25) is 0 Å². The number of ether oxygens (including phenoxy) is 1. The summed E-state index contributed by atoms with van der Waals surface area (Å²) in [4.78, 5) is 25.0. The van der Waals surface area contributed by atoms with Gasteiger partial charge in [0.2, 0.25) is 0 Å². The lowest BCUT2D eigenvalue weighted by Crippen LogP contribution is -2.21. The molecule has 88 valence electrons. The van der Waals surface area contributed by atoms with E-state index in [0.717, 1.165) is 0 Å². The maximum Gasteiger partial charge on any atom is 0.354 e. The van der Waals surface area contributed by atoms with E-state index in [-0.39, 0.29) is 5.56 Å². The Balaban J connectivity index is 2.43. The normalized spacial score (nSPS) is 10.4. The number of nitrogens with one attached hydrogen (secondary N) is 1. The number of carboxylic acid groups (broad SMARTS) is 1. The van der Waals surface area contributed by atoms with Gasteiger partial charge in [-0.2, -0.15) is 0 Å². The number of benzene rings is 1. The van der Waals surface area contributed by atoms with Crippen LogP contribution >= 0.6 is 0 Å². The molecule has 0 amide bonds. The summed E-state index contributed by atoms with van der Waals surface area (Å²) in [5.41, 5.74) is 1.06. The predicted octanol–water partition coefficient (Wildman–Crippen LogP) is 0.708. The van der Waals surface area contributed by atoms with Crippen LogP contribution in [0.1, 0.15) is 27.8 Å². The quantitative estimate of drug-likeness (QED) is 0.790. The van der Waals surface area contributed by atoms with Gasteiger partial charge in [-0.25, -0.2) is 4.79 Å². The van der Waals surface area contributed by atoms with Crippen molar-refractivity contribution in [3.05, 3.63) is 35.5 Å². The van der Waals surface area contributed by atoms with Crippen LogP contribution in [0.25, 0.3) is 10.9 Å². The summed E-state index contributed by atoms with van der Waals surface area (Å²) in [6.07, 6.45) is 0. The van der Waals surface area contributed by atoms with E-state index in [1.54, 1.807) is 19.1 Å². The molecule has 0 aliphatic rings. The van der Waals surface area contributed by atoms with Gasteiger partial charge in [-0.1, -0.05) is 6.07 Å². The molecule has 17 heavy (non-hydrogen) atoms.